The van der Waals surface area contributed by atoms with Crippen LogP contribution in [0.3, 0.4) is 0 Å². The predicted molar refractivity (Wildman–Crippen MR) is 132 cm³/mol. The first-order valence-corrected chi connectivity index (χ1v) is 12.9. The van der Waals surface area contributed by atoms with Crippen molar-refractivity contribution in [3.63, 3.8) is 0 Å². The molecule has 1 saturated heterocycles. The molecule has 2 aromatic heterocycles. The summed E-state index contributed by atoms with van der Waals surface area (Å²) in [5, 5.41) is 0. The van der Waals surface area contributed by atoms with E-state index in [2.05, 4.69) is 4.98 Å². The van der Waals surface area contributed by atoms with Crippen LogP contribution in [0.2, 0.25) is 0 Å². The topological polar surface area (TPSA) is 125 Å². The zero-order valence-corrected chi connectivity index (χ0v) is 20.5. The largest absolute Gasteiger partial charge is 0.341 e. The predicted octanol–water partition coefficient (Wildman–Crippen LogP) is 1.22. The van der Waals surface area contributed by atoms with Gasteiger partial charge in [0, 0.05) is 32.7 Å². The maximum Gasteiger partial charge on any atom is 0.333 e. The molecular formula is C23H30N6O4S. The van der Waals surface area contributed by atoms with E-state index in [1.54, 1.807) is 22.8 Å². The summed E-state index contributed by atoms with van der Waals surface area (Å²) in [5.41, 5.74) is 6.24. The maximum atomic E-state index is 13.6. The van der Waals surface area contributed by atoms with Crippen LogP contribution in [0.1, 0.15) is 26.7 Å². The molecule has 3 aromatic rings. The third-order valence-corrected chi connectivity index (χ3v) is 7.63. The van der Waals surface area contributed by atoms with Gasteiger partial charge in [-0.3, -0.25) is 9.36 Å². The number of anilines is 1. The van der Waals surface area contributed by atoms with Crippen LogP contribution in [0.4, 0.5) is 5.95 Å². The van der Waals surface area contributed by atoms with E-state index in [1.165, 1.54) is 23.7 Å². The highest BCUT2D eigenvalue weighted by Crippen LogP contribution is 2.23. The number of allylic oxidation sites excluding steroid dienone is 2. The highest BCUT2D eigenvalue weighted by Gasteiger charge is 2.27. The van der Waals surface area contributed by atoms with Crippen molar-refractivity contribution < 1.29 is 8.42 Å². The number of aryl methyl sites for hydroxylation is 1. The number of fused-ring (bicyclic) bond motifs is 1. The smallest absolute Gasteiger partial charge is 0.333 e. The first-order chi connectivity index (χ1) is 16.1. The molecule has 0 amide bonds. The maximum absolute atomic E-state index is 13.6. The van der Waals surface area contributed by atoms with Crippen LogP contribution in [0.25, 0.3) is 11.2 Å². The Balaban J connectivity index is 1.93. The zero-order chi connectivity index (χ0) is 24.6. The van der Waals surface area contributed by atoms with Gasteiger partial charge in [0.15, 0.2) is 21.0 Å². The summed E-state index contributed by atoms with van der Waals surface area (Å²) in [7, 11) is -2.42. The molecule has 3 heterocycles. The molecule has 1 aromatic carbocycles. The summed E-state index contributed by atoms with van der Waals surface area (Å²) in [5.74, 6) is -0.200. The van der Waals surface area contributed by atoms with Gasteiger partial charge in [0.25, 0.3) is 5.56 Å². The van der Waals surface area contributed by atoms with Crippen molar-refractivity contribution in [3.05, 3.63) is 62.8 Å². The summed E-state index contributed by atoms with van der Waals surface area (Å²) in [4.78, 5) is 33.4. The third kappa shape index (κ3) is 4.45. The van der Waals surface area contributed by atoms with Gasteiger partial charge in [0.2, 0.25) is 5.95 Å². The molecule has 182 valence electrons. The van der Waals surface area contributed by atoms with Gasteiger partial charge < -0.3 is 15.2 Å². The van der Waals surface area contributed by atoms with Crippen molar-refractivity contribution in [1.82, 2.24) is 18.7 Å². The fraction of sp³-hybridized carbons (Fsp3) is 0.435. The monoisotopic (exact) mass is 486 g/mol. The van der Waals surface area contributed by atoms with Gasteiger partial charge in [0.05, 0.1) is 4.90 Å². The molecule has 0 saturated carbocycles. The quantitative estimate of drug-likeness (QED) is 0.519. The minimum absolute atomic E-state index is 0.0121. The molecule has 34 heavy (non-hydrogen) atoms. The van der Waals surface area contributed by atoms with Gasteiger partial charge >= 0.3 is 5.69 Å². The second-order valence-electron chi connectivity index (χ2n) is 8.96. The number of nitrogens with two attached hydrogens (primary N) is 1. The molecule has 10 nitrogen and oxygen atoms in total. The molecule has 11 heteroatoms. The van der Waals surface area contributed by atoms with E-state index in [1.807, 2.05) is 24.8 Å². The second kappa shape index (κ2) is 9.22. The summed E-state index contributed by atoms with van der Waals surface area (Å²) in [6.07, 6.45) is 3.77. The van der Waals surface area contributed by atoms with Gasteiger partial charge in [-0.15, -0.1) is 0 Å². The van der Waals surface area contributed by atoms with Crippen molar-refractivity contribution in [2.24, 2.45) is 12.8 Å². The minimum atomic E-state index is -3.92. The van der Waals surface area contributed by atoms with E-state index >= 15 is 0 Å². The molecule has 4 rings (SSSR count). The second-order valence-corrected chi connectivity index (χ2v) is 10.9. The van der Waals surface area contributed by atoms with E-state index in [-0.39, 0.29) is 22.1 Å². The number of nitrogens with zero attached hydrogens (tertiary/aromatic N) is 5. The first kappa shape index (κ1) is 24.0. The van der Waals surface area contributed by atoms with Gasteiger partial charge in [-0.05, 0) is 38.8 Å². The van der Waals surface area contributed by atoms with Crippen molar-refractivity contribution in [3.8, 4) is 0 Å². The van der Waals surface area contributed by atoms with Crippen LogP contribution >= 0.6 is 0 Å². The lowest BCUT2D eigenvalue weighted by Crippen LogP contribution is -2.44. The molecule has 0 radical (unpaired) electrons. The fourth-order valence-corrected chi connectivity index (χ4v) is 5.51. The lowest BCUT2D eigenvalue weighted by atomic mass is 10.1. The van der Waals surface area contributed by atoms with Gasteiger partial charge in [0.1, 0.15) is 5.88 Å². The van der Waals surface area contributed by atoms with Crippen molar-refractivity contribution in [1.29, 1.82) is 0 Å². The van der Waals surface area contributed by atoms with E-state index in [0.717, 1.165) is 29.5 Å². The van der Waals surface area contributed by atoms with Crippen LogP contribution in [-0.4, -0.2) is 46.2 Å². The van der Waals surface area contributed by atoms with Crippen molar-refractivity contribution in [2.45, 2.75) is 50.0 Å². The van der Waals surface area contributed by atoms with E-state index < -0.39 is 27.0 Å². The number of hydrogen-bond donors (Lipinski definition) is 1. The van der Waals surface area contributed by atoms with Crippen molar-refractivity contribution in [2.75, 3.05) is 18.0 Å². The van der Waals surface area contributed by atoms with Crippen LogP contribution in [0.15, 0.2) is 56.5 Å². The molecule has 0 aliphatic carbocycles. The number of aromatic nitrogens is 4. The average Bonchev–Trinajstić information content (AvgIpc) is 3.19. The van der Waals surface area contributed by atoms with Gasteiger partial charge in [-0.2, -0.15) is 4.98 Å². The molecule has 0 spiro atoms. The van der Waals surface area contributed by atoms with E-state index in [0.29, 0.717) is 19.0 Å². The molecule has 0 bridgehead atoms. The van der Waals surface area contributed by atoms with Gasteiger partial charge in [-0.1, -0.05) is 29.8 Å². The van der Waals surface area contributed by atoms with Crippen molar-refractivity contribution >= 4 is 26.9 Å². The molecule has 1 aliphatic rings. The SMILES string of the molecule is CC(C)=CCn1c(N2CCCC(N)C2)nc2c1c(=O)n(CS(=O)(=O)c1ccccc1)c(=O)n2C. The Kier molecular flexibility index (Phi) is 6.50. The molecular weight excluding hydrogens is 456 g/mol. The lowest BCUT2D eigenvalue weighted by Gasteiger charge is -2.31. The highest BCUT2D eigenvalue weighted by atomic mass is 32.2. The Morgan fingerprint density at radius 3 is 2.53 bits per heavy atom. The van der Waals surface area contributed by atoms with Crippen LogP contribution in [0, 0.1) is 0 Å². The number of imidazole rings is 1. The third-order valence-electron chi connectivity index (χ3n) is 6.04. The van der Waals surface area contributed by atoms with Crippen LogP contribution in [-0.2, 0) is 29.3 Å². The standard InChI is InChI=1S/C23H30N6O4S/c1-16(2)11-13-28-19-20(25-22(28)27-12-7-8-17(24)14-27)26(3)23(31)29(21(19)30)15-34(32,33)18-9-5-4-6-10-18/h4-6,9-11,17H,7-8,12-15,24H2,1-3H3. The summed E-state index contributed by atoms with van der Waals surface area (Å²) >= 11 is 0. The van der Waals surface area contributed by atoms with Gasteiger partial charge in [-0.25, -0.2) is 17.8 Å². The minimum Gasteiger partial charge on any atom is -0.341 e. The Morgan fingerprint density at radius 2 is 1.88 bits per heavy atom. The average molecular weight is 487 g/mol. The number of benzene rings is 1. The molecule has 2 N–H and O–H groups in total. The Labute approximate surface area is 197 Å². The normalized spacial score (nSPS) is 16.7. The molecule has 1 unspecified atom stereocenters. The Morgan fingerprint density at radius 1 is 1.18 bits per heavy atom. The fourth-order valence-electron chi connectivity index (χ4n) is 4.23. The number of rotatable bonds is 6. The lowest BCUT2D eigenvalue weighted by molar-refractivity contribution is 0.495. The number of hydrogen-bond acceptors (Lipinski definition) is 7. The van der Waals surface area contributed by atoms with Crippen LogP contribution < -0.4 is 21.9 Å². The van der Waals surface area contributed by atoms with E-state index in [4.69, 9.17) is 5.73 Å². The number of sulfone groups is 1. The molecule has 1 aliphatic heterocycles. The first-order valence-electron chi connectivity index (χ1n) is 11.2. The highest BCUT2D eigenvalue weighted by molar-refractivity contribution is 7.90. The van der Waals surface area contributed by atoms with E-state index in [9.17, 15) is 18.0 Å². The molecule has 1 fully saturated rings. The summed E-state index contributed by atoms with van der Waals surface area (Å²) in [6.45, 7) is 5.59. The molecule has 1 atom stereocenters. The summed E-state index contributed by atoms with van der Waals surface area (Å²) in [6, 6.07) is 7.77. The Hall–Kier alpha value is -3.18. The number of piperidine rings is 1. The Bertz CT molecular complexity index is 1460. The summed E-state index contributed by atoms with van der Waals surface area (Å²) < 4.78 is 29.7. The van der Waals surface area contributed by atoms with Crippen LogP contribution in [0.5, 0.6) is 0 Å². The zero-order valence-electron chi connectivity index (χ0n) is 19.6.